The zero-order valence-corrected chi connectivity index (χ0v) is 20.1. The van der Waals surface area contributed by atoms with E-state index in [1.54, 1.807) is 19.2 Å². The Balaban J connectivity index is 1.63. The molecule has 0 aliphatic heterocycles. The monoisotopic (exact) mass is 528 g/mol. The van der Waals surface area contributed by atoms with E-state index in [9.17, 15) is 4.79 Å². The van der Waals surface area contributed by atoms with E-state index in [-0.39, 0.29) is 11.7 Å². The number of halogens is 2. The van der Waals surface area contributed by atoms with Crippen LogP contribution in [0.2, 0.25) is 5.02 Å². The van der Waals surface area contributed by atoms with E-state index in [0.717, 1.165) is 21.5 Å². The van der Waals surface area contributed by atoms with Gasteiger partial charge >= 0.3 is 0 Å². The Morgan fingerprint density at radius 3 is 2.50 bits per heavy atom. The Bertz CT molecular complexity index is 1250. The van der Waals surface area contributed by atoms with Gasteiger partial charge < -0.3 is 10.1 Å². The summed E-state index contributed by atoms with van der Waals surface area (Å²) < 4.78 is 8.10. The molecule has 1 N–H and O–H groups in total. The van der Waals surface area contributed by atoms with Crippen LogP contribution in [0.1, 0.15) is 0 Å². The van der Waals surface area contributed by atoms with Crippen molar-refractivity contribution in [2.24, 2.45) is 0 Å². The summed E-state index contributed by atoms with van der Waals surface area (Å²) in [4.78, 5) is 12.5. The van der Waals surface area contributed by atoms with Gasteiger partial charge in [0, 0.05) is 15.7 Å². The highest BCUT2D eigenvalue weighted by Gasteiger charge is 2.19. The molecule has 4 aromatic rings. The third-order valence-corrected chi connectivity index (χ3v) is 6.51. The van der Waals surface area contributed by atoms with Gasteiger partial charge in [-0.1, -0.05) is 69.6 Å². The van der Waals surface area contributed by atoms with Crippen LogP contribution in [-0.2, 0) is 4.79 Å². The van der Waals surface area contributed by atoms with Crippen molar-refractivity contribution in [3.05, 3.63) is 82.3 Å². The normalized spacial score (nSPS) is 10.7. The second-order valence-electron chi connectivity index (χ2n) is 6.64. The quantitative estimate of drug-likeness (QED) is 0.293. The molecule has 0 aliphatic carbocycles. The Hall–Kier alpha value is -2.81. The second-order valence-corrected chi connectivity index (χ2v) is 8.84. The molecule has 1 heterocycles. The Kier molecular flexibility index (Phi) is 7.14. The third kappa shape index (κ3) is 4.98. The first-order valence-electron chi connectivity index (χ1n) is 9.58. The highest BCUT2D eigenvalue weighted by atomic mass is 79.9. The summed E-state index contributed by atoms with van der Waals surface area (Å²) in [6.07, 6.45) is 0. The maximum Gasteiger partial charge on any atom is 0.234 e. The van der Waals surface area contributed by atoms with Gasteiger partial charge in [-0.3, -0.25) is 9.36 Å². The first-order chi connectivity index (χ1) is 15.6. The lowest BCUT2D eigenvalue weighted by atomic mass is 10.2. The summed E-state index contributed by atoms with van der Waals surface area (Å²) in [5, 5.41) is 12.7. The molecule has 0 unspecified atom stereocenters. The van der Waals surface area contributed by atoms with Crippen LogP contribution in [-0.4, -0.2) is 33.5 Å². The molecule has 6 nitrogen and oxygen atoms in total. The van der Waals surface area contributed by atoms with Crippen molar-refractivity contribution < 1.29 is 9.53 Å². The average molecular weight is 530 g/mol. The van der Waals surface area contributed by atoms with Crippen molar-refractivity contribution in [3.8, 4) is 22.8 Å². The fourth-order valence-electron chi connectivity index (χ4n) is 3.02. The summed E-state index contributed by atoms with van der Waals surface area (Å²) in [7, 11) is 1.62. The van der Waals surface area contributed by atoms with Crippen LogP contribution in [0.25, 0.3) is 17.1 Å². The number of carbonyl (C=O) groups is 1. The minimum Gasteiger partial charge on any atom is -0.497 e. The summed E-state index contributed by atoms with van der Waals surface area (Å²) in [6.45, 7) is 0. The lowest BCUT2D eigenvalue weighted by Gasteiger charge is -2.12. The number of benzene rings is 3. The number of rotatable bonds is 7. The Morgan fingerprint density at radius 1 is 1.06 bits per heavy atom. The Morgan fingerprint density at radius 2 is 1.78 bits per heavy atom. The predicted molar refractivity (Wildman–Crippen MR) is 132 cm³/mol. The molecule has 1 aromatic heterocycles. The van der Waals surface area contributed by atoms with Crippen molar-refractivity contribution >= 4 is 50.9 Å². The number of methoxy groups -OCH3 is 1. The van der Waals surface area contributed by atoms with Crippen molar-refractivity contribution in [1.82, 2.24) is 14.8 Å². The van der Waals surface area contributed by atoms with Crippen molar-refractivity contribution in [2.45, 2.75) is 5.16 Å². The van der Waals surface area contributed by atoms with Crippen LogP contribution in [0, 0.1) is 0 Å². The second kappa shape index (κ2) is 10.2. The van der Waals surface area contributed by atoms with Crippen LogP contribution in [0.5, 0.6) is 5.75 Å². The van der Waals surface area contributed by atoms with Gasteiger partial charge in [0.05, 0.1) is 23.6 Å². The molecular formula is C23H18BrClN4O2S. The number of nitrogens with zero attached hydrogens (tertiary/aromatic N) is 3. The van der Waals surface area contributed by atoms with E-state index in [4.69, 9.17) is 16.3 Å². The van der Waals surface area contributed by atoms with Crippen LogP contribution < -0.4 is 10.1 Å². The van der Waals surface area contributed by atoms with Gasteiger partial charge in [0.25, 0.3) is 0 Å². The van der Waals surface area contributed by atoms with Crippen LogP contribution in [0.4, 0.5) is 5.69 Å². The van der Waals surface area contributed by atoms with Gasteiger partial charge in [-0.05, 0) is 42.5 Å². The van der Waals surface area contributed by atoms with Gasteiger partial charge in [-0.25, -0.2) is 0 Å². The minimum atomic E-state index is -0.185. The molecule has 4 rings (SSSR count). The number of carbonyl (C=O) groups excluding carboxylic acids is 1. The average Bonchev–Trinajstić information content (AvgIpc) is 3.23. The van der Waals surface area contributed by atoms with E-state index in [2.05, 4.69) is 31.4 Å². The summed E-state index contributed by atoms with van der Waals surface area (Å²) in [6, 6.07) is 22.5. The molecule has 0 fully saturated rings. The van der Waals surface area contributed by atoms with E-state index < -0.39 is 0 Å². The number of anilines is 1. The minimum absolute atomic E-state index is 0.148. The predicted octanol–water partition coefficient (Wildman–Crippen LogP) is 6.09. The van der Waals surface area contributed by atoms with Gasteiger partial charge in [0.1, 0.15) is 5.75 Å². The number of hydrogen-bond donors (Lipinski definition) is 1. The zero-order valence-electron chi connectivity index (χ0n) is 17.0. The van der Waals surface area contributed by atoms with E-state index >= 15 is 0 Å². The molecular weight excluding hydrogens is 512 g/mol. The topological polar surface area (TPSA) is 69.0 Å². The zero-order chi connectivity index (χ0) is 22.5. The molecule has 0 atom stereocenters. The van der Waals surface area contributed by atoms with E-state index in [0.29, 0.717) is 21.7 Å². The summed E-state index contributed by atoms with van der Waals surface area (Å²) in [5.41, 5.74) is 2.32. The number of hydrogen-bond acceptors (Lipinski definition) is 5. The van der Waals surface area contributed by atoms with E-state index in [1.807, 2.05) is 65.2 Å². The fourth-order valence-corrected chi connectivity index (χ4v) is 4.42. The molecule has 0 spiro atoms. The molecule has 0 saturated heterocycles. The number of amides is 1. The van der Waals surface area contributed by atoms with E-state index in [1.165, 1.54) is 11.8 Å². The molecule has 0 aliphatic rings. The van der Waals surface area contributed by atoms with Gasteiger partial charge in [0.15, 0.2) is 11.0 Å². The van der Waals surface area contributed by atoms with Crippen LogP contribution in [0.3, 0.4) is 0 Å². The highest BCUT2D eigenvalue weighted by molar-refractivity contribution is 9.10. The Labute approximate surface area is 203 Å². The maximum atomic E-state index is 12.5. The van der Waals surface area contributed by atoms with Crippen molar-refractivity contribution in [3.63, 3.8) is 0 Å². The molecule has 9 heteroatoms. The summed E-state index contributed by atoms with van der Waals surface area (Å²) in [5.74, 6) is 1.37. The standard InChI is InChI=1S/C23H18BrClN4O2S/c1-31-16-12-10-15(11-13-16)29-22(17-6-2-3-7-18(17)24)27-28-23(29)32-14-21(30)26-20-9-5-4-8-19(20)25/h2-13H,14H2,1H3,(H,26,30). The smallest absolute Gasteiger partial charge is 0.234 e. The number of para-hydroxylation sites is 1. The van der Waals surface area contributed by atoms with Gasteiger partial charge in [0.2, 0.25) is 5.91 Å². The molecule has 0 radical (unpaired) electrons. The number of nitrogens with one attached hydrogen (secondary N) is 1. The lowest BCUT2D eigenvalue weighted by Crippen LogP contribution is -2.14. The molecule has 3 aromatic carbocycles. The number of ether oxygens (including phenoxy) is 1. The number of aromatic nitrogens is 3. The maximum absolute atomic E-state index is 12.5. The third-order valence-electron chi connectivity index (χ3n) is 4.56. The summed E-state index contributed by atoms with van der Waals surface area (Å²) >= 11 is 11.0. The molecule has 162 valence electrons. The fraction of sp³-hybridized carbons (Fsp3) is 0.0870. The SMILES string of the molecule is COc1ccc(-n2c(SCC(=O)Nc3ccccc3Cl)nnc2-c2ccccc2Br)cc1. The van der Waals surface area contributed by atoms with Crippen molar-refractivity contribution in [1.29, 1.82) is 0 Å². The molecule has 1 amide bonds. The van der Waals surface area contributed by atoms with Crippen molar-refractivity contribution in [2.75, 3.05) is 18.2 Å². The first kappa shape index (κ1) is 22.4. The highest BCUT2D eigenvalue weighted by Crippen LogP contribution is 2.32. The molecule has 32 heavy (non-hydrogen) atoms. The molecule has 0 saturated carbocycles. The van der Waals surface area contributed by atoms with Crippen LogP contribution in [0.15, 0.2) is 82.4 Å². The van der Waals surface area contributed by atoms with Crippen LogP contribution >= 0.6 is 39.3 Å². The van der Waals surface area contributed by atoms with Gasteiger partial charge in [-0.15, -0.1) is 10.2 Å². The largest absolute Gasteiger partial charge is 0.497 e. The first-order valence-corrected chi connectivity index (χ1v) is 11.7. The number of thioether (sulfide) groups is 1. The lowest BCUT2D eigenvalue weighted by molar-refractivity contribution is -0.113. The molecule has 0 bridgehead atoms. The van der Waals surface area contributed by atoms with Gasteiger partial charge in [-0.2, -0.15) is 0 Å².